The maximum atomic E-state index is 11.3. The third-order valence-corrected chi connectivity index (χ3v) is 3.82. The second-order valence-electron chi connectivity index (χ2n) is 4.59. The van der Waals surface area contributed by atoms with Crippen molar-refractivity contribution < 1.29 is 23.7 Å². The smallest absolute Gasteiger partial charge is 0.306 e. The molecule has 2 heterocycles. The quantitative estimate of drug-likeness (QED) is 0.637. The van der Waals surface area contributed by atoms with Crippen molar-refractivity contribution in [2.75, 3.05) is 20.3 Å². The van der Waals surface area contributed by atoms with Crippen LogP contribution in [0.15, 0.2) is 0 Å². The number of rotatable bonds is 2. The fourth-order valence-corrected chi connectivity index (χ4v) is 3.13. The van der Waals surface area contributed by atoms with E-state index in [2.05, 4.69) is 0 Å². The summed E-state index contributed by atoms with van der Waals surface area (Å²) in [7, 11) is 1.69. The van der Waals surface area contributed by atoms with Gasteiger partial charge in [-0.2, -0.15) is 0 Å². The van der Waals surface area contributed by atoms with Gasteiger partial charge in [0, 0.05) is 25.4 Å². The van der Waals surface area contributed by atoms with E-state index in [1.807, 2.05) is 0 Å². The molecule has 1 aliphatic carbocycles. The molecule has 1 saturated carbocycles. The van der Waals surface area contributed by atoms with Gasteiger partial charge in [0.05, 0.1) is 25.7 Å². The monoisotopic (exact) mass is 228 g/mol. The average molecular weight is 228 g/mol. The normalized spacial score (nSPS) is 43.7. The number of esters is 1. The highest BCUT2D eigenvalue weighted by Gasteiger charge is 2.54. The molecule has 4 unspecified atom stereocenters. The fraction of sp³-hybridized carbons (Fsp3) is 0.909. The Kier molecular flexibility index (Phi) is 2.61. The lowest BCUT2D eigenvalue weighted by atomic mass is 9.91. The van der Waals surface area contributed by atoms with Crippen molar-refractivity contribution in [1.29, 1.82) is 0 Å². The molecule has 0 radical (unpaired) electrons. The molecule has 0 amide bonds. The minimum absolute atomic E-state index is 0.00440. The van der Waals surface area contributed by atoms with Gasteiger partial charge in [0.25, 0.3) is 0 Å². The molecule has 90 valence electrons. The van der Waals surface area contributed by atoms with E-state index in [-0.39, 0.29) is 36.3 Å². The number of carbonyl (C=O) groups is 1. The molecule has 5 nitrogen and oxygen atoms in total. The largest absolute Gasteiger partial charge is 0.462 e. The highest BCUT2D eigenvalue weighted by molar-refractivity contribution is 5.72. The van der Waals surface area contributed by atoms with E-state index < -0.39 is 0 Å². The van der Waals surface area contributed by atoms with Gasteiger partial charge in [0.1, 0.15) is 6.10 Å². The average Bonchev–Trinajstić information content (AvgIpc) is 2.91. The lowest BCUT2D eigenvalue weighted by Gasteiger charge is -2.26. The number of fused-ring (bicyclic) bond motifs is 1. The second-order valence-corrected chi connectivity index (χ2v) is 4.59. The molecule has 0 aromatic heterocycles. The standard InChI is InChI=1S/C11H16O5/c1-13-8-5-7-6(4-9(12)16-7)10(8)11-14-2-3-15-11/h6-8,10-11H,2-5H2,1H3. The molecule has 16 heavy (non-hydrogen) atoms. The molecule has 0 N–H and O–H groups in total. The van der Waals surface area contributed by atoms with Crippen molar-refractivity contribution in [2.45, 2.75) is 31.3 Å². The maximum absolute atomic E-state index is 11.3. The van der Waals surface area contributed by atoms with Gasteiger partial charge < -0.3 is 18.9 Å². The molecule has 0 spiro atoms. The summed E-state index contributed by atoms with van der Waals surface area (Å²) >= 11 is 0. The van der Waals surface area contributed by atoms with E-state index >= 15 is 0 Å². The first kappa shape index (κ1) is 10.5. The summed E-state index contributed by atoms with van der Waals surface area (Å²) in [5.74, 6) is 0.219. The highest BCUT2D eigenvalue weighted by Crippen LogP contribution is 2.45. The van der Waals surface area contributed by atoms with E-state index in [0.29, 0.717) is 19.6 Å². The number of methoxy groups -OCH3 is 1. The van der Waals surface area contributed by atoms with Gasteiger partial charge in [-0.1, -0.05) is 0 Å². The minimum Gasteiger partial charge on any atom is -0.462 e. The van der Waals surface area contributed by atoms with Crippen molar-refractivity contribution in [3.05, 3.63) is 0 Å². The van der Waals surface area contributed by atoms with Crippen LogP contribution in [0.5, 0.6) is 0 Å². The van der Waals surface area contributed by atoms with E-state index in [4.69, 9.17) is 18.9 Å². The predicted molar refractivity (Wildman–Crippen MR) is 52.6 cm³/mol. The van der Waals surface area contributed by atoms with Crippen LogP contribution in [0.4, 0.5) is 0 Å². The Morgan fingerprint density at radius 1 is 1.31 bits per heavy atom. The molecule has 0 aromatic rings. The predicted octanol–water partition coefficient (Wildman–Crippen LogP) is 0.326. The Morgan fingerprint density at radius 3 is 2.75 bits per heavy atom. The van der Waals surface area contributed by atoms with Crippen LogP contribution in [0, 0.1) is 11.8 Å². The zero-order chi connectivity index (χ0) is 11.1. The van der Waals surface area contributed by atoms with E-state index in [9.17, 15) is 4.79 Å². The zero-order valence-corrected chi connectivity index (χ0v) is 9.26. The minimum atomic E-state index is -0.227. The van der Waals surface area contributed by atoms with Crippen LogP contribution in [0.3, 0.4) is 0 Å². The van der Waals surface area contributed by atoms with Gasteiger partial charge in [-0.05, 0) is 0 Å². The summed E-state index contributed by atoms with van der Waals surface area (Å²) in [5.41, 5.74) is 0. The molecule has 0 bridgehead atoms. The van der Waals surface area contributed by atoms with Gasteiger partial charge in [-0.3, -0.25) is 4.79 Å². The maximum Gasteiger partial charge on any atom is 0.306 e. The molecule has 3 fully saturated rings. The summed E-state index contributed by atoms with van der Waals surface area (Å²) < 4.78 is 21.8. The number of hydrogen-bond acceptors (Lipinski definition) is 5. The molecule has 0 aromatic carbocycles. The molecule has 2 saturated heterocycles. The van der Waals surface area contributed by atoms with Gasteiger partial charge in [-0.15, -0.1) is 0 Å². The SMILES string of the molecule is COC1CC2OC(=O)CC2C1C1OCCO1. The van der Waals surface area contributed by atoms with Gasteiger partial charge in [0.15, 0.2) is 6.29 Å². The molecular weight excluding hydrogens is 212 g/mol. The van der Waals surface area contributed by atoms with Crippen LogP contribution in [0.1, 0.15) is 12.8 Å². The zero-order valence-electron chi connectivity index (χ0n) is 9.26. The third-order valence-electron chi connectivity index (χ3n) is 3.82. The topological polar surface area (TPSA) is 54.0 Å². The first-order chi connectivity index (χ1) is 7.79. The first-order valence-corrected chi connectivity index (χ1v) is 5.75. The molecule has 3 rings (SSSR count). The third kappa shape index (κ3) is 1.54. The molecule has 3 aliphatic rings. The van der Waals surface area contributed by atoms with E-state index in [1.54, 1.807) is 7.11 Å². The second kappa shape index (κ2) is 3.98. The summed E-state index contributed by atoms with van der Waals surface area (Å²) in [5, 5.41) is 0. The van der Waals surface area contributed by atoms with Gasteiger partial charge >= 0.3 is 5.97 Å². The van der Waals surface area contributed by atoms with Crippen LogP contribution in [0.25, 0.3) is 0 Å². The van der Waals surface area contributed by atoms with Crippen LogP contribution in [0.2, 0.25) is 0 Å². The van der Waals surface area contributed by atoms with E-state index in [1.165, 1.54) is 0 Å². The number of ether oxygens (including phenoxy) is 4. The van der Waals surface area contributed by atoms with Gasteiger partial charge in [-0.25, -0.2) is 0 Å². The van der Waals surface area contributed by atoms with Crippen molar-refractivity contribution in [3.8, 4) is 0 Å². The van der Waals surface area contributed by atoms with Crippen molar-refractivity contribution in [3.63, 3.8) is 0 Å². The fourth-order valence-electron chi connectivity index (χ4n) is 3.13. The van der Waals surface area contributed by atoms with Crippen molar-refractivity contribution in [1.82, 2.24) is 0 Å². The summed E-state index contributed by atoms with van der Waals surface area (Å²) in [6, 6.07) is 0. The molecule has 5 heteroatoms. The number of carbonyl (C=O) groups excluding carboxylic acids is 1. The Bertz CT molecular complexity index is 284. The Labute approximate surface area is 94.0 Å². The molecular formula is C11H16O5. The van der Waals surface area contributed by atoms with Crippen LogP contribution >= 0.6 is 0 Å². The molecule has 4 atom stereocenters. The van der Waals surface area contributed by atoms with Crippen molar-refractivity contribution in [2.24, 2.45) is 11.8 Å². The van der Waals surface area contributed by atoms with Crippen molar-refractivity contribution >= 4 is 5.97 Å². The Balaban J connectivity index is 1.79. The lowest BCUT2D eigenvalue weighted by Crippen LogP contribution is -2.34. The first-order valence-electron chi connectivity index (χ1n) is 5.75. The Morgan fingerprint density at radius 2 is 2.06 bits per heavy atom. The van der Waals surface area contributed by atoms with Crippen LogP contribution in [-0.2, 0) is 23.7 Å². The molecule has 2 aliphatic heterocycles. The Hall–Kier alpha value is -0.650. The highest BCUT2D eigenvalue weighted by atomic mass is 16.7. The summed E-state index contributed by atoms with van der Waals surface area (Å²) in [6.45, 7) is 1.26. The summed E-state index contributed by atoms with van der Waals surface area (Å²) in [4.78, 5) is 11.3. The van der Waals surface area contributed by atoms with Crippen LogP contribution < -0.4 is 0 Å². The van der Waals surface area contributed by atoms with E-state index in [0.717, 1.165) is 6.42 Å². The van der Waals surface area contributed by atoms with Gasteiger partial charge in [0.2, 0.25) is 0 Å². The summed E-state index contributed by atoms with van der Waals surface area (Å²) in [6.07, 6.45) is 1.08. The lowest BCUT2D eigenvalue weighted by molar-refractivity contribution is -0.142. The van der Waals surface area contributed by atoms with Crippen LogP contribution in [-0.4, -0.2) is 44.8 Å². The number of hydrogen-bond donors (Lipinski definition) is 0.